The Labute approximate surface area is 114 Å². The number of hydrogen-bond acceptors (Lipinski definition) is 4. The van der Waals surface area contributed by atoms with Gasteiger partial charge in [-0.2, -0.15) is 0 Å². The highest BCUT2D eigenvalue weighted by molar-refractivity contribution is 5.98. The van der Waals surface area contributed by atoms with Crippen molar-refractivity contribution in [2.75, 3.05) is 31.2 Å². The molecule has 0 atom stereocenters. The molecule has 1 aromatic rings. The zero-order chi connectivity index (χ0) is 13.7. The van der Waals surface area contributed by atoms with Crippen LogP contribution in [-0.2, 0) is 0 Å². The van der Waals surface area contributed by atoms with Crippen molar-refractivity contribution in [1.29, 1.82) is 0 Å². The van der Waals surface area contributed by atoms with Crippen molar-refractivity contribution in [2.24, 2.45) is 0 Å². The molecule has 4 heteroatoms. The standard InChI is InChI=1S/C15H21NO3/c1-2-3-4-7-16-8-9-19-15-6-5-12(10-13(15)16)14(18)11-17/h5-6,10,17H,2-4,7-9,11H2,1H3. The van der Waals surface area contributed by atoms with Gasteiger partial charge in [-0.05, 0) is 24.6 Å². The topological polar surface area (TPSA) is 49.8 Å². The summed E-state index contributed by atoms with van der Waals surface area (Å²) in [6.45, 7) is 4.27. The fourth-order valence-electron chi connectivity index (χ4n) is 2.32. The average molecular weight is 263 g/mol. The van der Waals surface area contributed by atoms with Crippen LogP contribution in [0.5, 0.6) is 5.75 Å². The summed E-state index contributed by atoms with van der Waals surface area (Å²) in [6, 6.07) is 5.37. The first-order valence-corrected chi connectivity index (χ1v) is 6.92. The van der Waals surface area contributed by atoms with Gasteiger partial charge in [0.25, 0.3) is 0 Å². The van der Waals surface area contributed by atoms with E-state index in [2.05, 4.69) is 11.8 Å². The van der Waals surface area contributed by atoms with Gasteiger partial charge in [0, 0.05) is 12.1 Å². The highest BCUT2D eigenvalue weighted by atomic mass is 16.5. The van der Waals surface area contributed by atoms with Crippen LogP contribution in [0.3, 0.4) is 0 Å². The molecule has 0 bridgehead atoms. The summed E-state index contributed by atoms with van der Waals surface area (Å²) in [5, 5.41) is 8.94. The molecule has 1 aromatic carbocycles. The number of carbonyl (C=O) groups excluding carboxylic acids is 1. The minimum absolute atomic E-state index is 0.248. The summed E-state index contributed by atoms with van der Waals surface area (Å²) in [4.78, 5) is 13.8. The maximum Gasteiger partial charge on any atom is 0.188 e. The molecule has 0 fully saturated rings. The zero-order valence-corrected chi connectivity index (χ0v) is 11.4. The van der Waals surface area contributed by atoms with Gasteiger partial charge in [0.15, 0.2) is 5.78 Å². The molecule has 19 heavy (non-hydrogen) atoms. The van der Waals surface area contributed by atoms with Crippen LogP contribution >= 0.6 is 0 Å². The van der Waals surface area contributed by atoms with Crippen molar-refractivity contribution in [3.63, 3.8) is 0 Å². The van der Waals surface area contributed by atoms with Crippen LogP contribution in [0.15, 0.2) is 18.2 Å². The van der Waals surface area contributed by atoms with Crippen molar-refractivity contribution in [3.8, 4) is 5.75 Å². The van der Waals surface area contributed by atoms with Gasteiger partial charge >= 0.3 is 0 Å². The Hall–Kier alpha value is -1.55. The Balaban J connectivity index is 2.17. The number of anilines is 1. The molecule has 0 spiro atoms. The van der Waals surface area contributed by atoms with E-state index in [1.54, 1.807) is 6.07 Å². The Kier molecular flexibility index (Phi) is 4.80. The van der Waals surface area contributed by atoms with E-state index in [1.807, 2.05) is 12.1 Å². The number of nitrogens with zero attached hydrogens (tertiary/aromatic N) is 1. The lowest BCUT2D eigenvalue weighted by molar-refractivity contribution is 0.0903. The Morgan fingerprint density at radius 2 is 2.26 bits per heavy atom. The predicted octanol–water partition coefficient (Wildman–Crippen LogP) is 2.25. The van der Waals surface area contributed by atoms with Gasteiger partial charge in [-0.25, -0.2) is 0 Å². The van der Waals surface area contributed by atoms with Crippen LogP contribution in [0, 0.1) is 0 Å². The summed E-state index contributed by atoms with van der Waals surface area (Å²) in [5.41, 5.74) is 1.52. The molecule has 1 N–H and O–H groups in total. The summed E-state index contributed by atoms with van der Waals surface area (Å²) in [6.07, 6.45) is 3.55. The summed E-state index contributed by atoms with van der Waals surface area (Å²) in [7, 11) is 0. The van der Waals surface area contributed by atoms with Gasteiger partial charge in [-0.3, -0.25) is 4.79 Å². The fourth-order valence-corrected chi connectivity index (χ4v) is 2.32. The minimum Gasteiger partial charge on any atom is -0.490 e. The van der Waals surface area contributed by atoms with Gasteiger partial charge < -0.3 is 14.7 Å². The predicted molar refractivity (Wildman–Crippen MR) is 75.1 cm³/mol. The van der Waals surface area contributed by atoms with E-state index in [1.165, 1.54) is 12.8 Å². The van der Waals surface area contributed by atoms with Crippen LogP contribution in [0.4, 0.5) is 5.69 Å². The molecule has 104 valence electrons. The maximum absolute atomic E-state index is 11.6. The van der Waals surface area contributed by atoms with E-state index in [4.69, 9.17) is 9.84 Å². The van der Waals surface area contributed by atoms with E-state index in [0.29, 0.717) is 12.2 Å². The highest BCUT2D eigenvalue weighted by Crippen LogP contribution is 2.32. The van der Waals surface area contributed by atoms with Crippen LogP contribution in [0.2, 0.25) is 0 Å². The van der Waals surface area contributed by atoms with Crippen molar-refractivity contribution in [2.45, 2.75) is 26.2 Å². The maximum atomic E-state index is 11.6. The van der Waals surface area contributed by atoms with Gasteiger partial charge in [0.1, 0.15) is 19.0 Å². The van der Waals surface area contributed by atoms with Crippen LogP contribution in [0.25, 0.3) is 0 Å². The molecule has 0 aliphatic carbocycles. The van der Waals surface area contributed by atoms with E-state index in [9.17, 15) is 4.79 Å². The first-order chi connectivity index (χ1) is 9.26. The van der Waals surface area contributed by atoms with E-state index in [-0.39, 0.29) is 5.78 Å². The second-order valence-electron chi connectivity index (χ2n) is 4.81. The third-order valence-electron chi connectivity index (χ3n) is 3.42. The number of ether oxygens (including phenoxy) is 1. The second kappa shape index (κ2) is 6.57. The Morgan fingerprint density at radius 1 is 1.42 bits per heavy atom. The smallest absolute Gasteiger partial charge is 0.188 e. The number of benzene rings is 1. The lowest BCUT2D eigenvalue weighted by atomic mass is 10.1. The van der Waals surface area contributed by atoms with Gasteiger partial charge in [0.05, 0.1) is 12.2 Å². The SMILES string of the molecule is CCCCCN1CCOc2ccc(C(=O)CO)cc21. The molecule has 1 heterocycles. The average Bonchev–Trinajstić information content (AvgIpc) is 2.46. The highest BCUT2D eigenvalue weighted by Gasteiger charge is 2.19. The van der Waals surface area contributed by atoms with Crippen molar-refractivity contribution >= 4 is 11.5 Å². The monoisotopic (exact) mass is 263 g/mol. The number of ketones is 1. The molecular formula is C15H21NO3. The van der Waals surface area contributed by atoms with E-state index >= 15 is 0 Å². The van der Waals surface area contributed by atoms with Crippen LogP contribution in [-0.4, -0.2) is 37.2 Å². The third-order valence-corrected chi connectivity index (χ3v) is 3.42. The molecule has 0 aromatic heterocycles. The van der Waals surface area contributed by atoms with Gasteiger partial charge in [-0.1, -0.05) is 19.8 Å². The number of fused-ring (bicyclic) bond motifs is 1. The first kappa shape index (κ1) is 13.9. The number of Topliss-reactive ketones (excluding diaryl/α,β-unsaturated/α-hetero) is 1. The molecule has 4 nitrogen and oxygen atoms in total. The lowest BCUT2D eigenvalue weighted by Crippen LogP contribution is -2.33. The Morgan fingerprint density at radius 3 is 3.00 bits per heavy atom. The molecule has 1 aliphatic heterocycles. The van der Waals surface area contributed by atoms with E-state index < -0.39 is 6.61 Å². The molecule has 1 aliphatic rings. The molecule has 0 radical (unpaired) electrons. The second-order valence-corrected chi connectivity index (χ2v) is 4.81. The molecule has 2 rings (SSSR count). The van der Waals surface area contributed by atoms with E-state index in [0.717, 1.165) is 30.9 Å². The number of rotatable bonds is 6. The van der Waals surface area contributed by atoms with Gasteiger partial charge in [-0.15, -0.1) is 0 Å². The first-order valence-electron chi connectivity index (χ1n) is 6.92. The zero-order valence-electron chi connectivity index (χ0n) is 11.4. The largest absolute Gasteiger partial charge is 0.490 e. The molecule has 0 saturated carbocycles. The van der Waals surface area contributed by atoms with Crippen molar-refractivity contribution < 1.29 is 14.6 Å². The summed E-state index contributed by atoms with van der Waals surface area (Å²) >= 11 is 0. The van der Waals surface area contributed by atoms with Crippen LogP contribution < -0.4 is 9.64 Å². The number of hydrogen-bond donors (Lipinski definition) is 1. The van der Waals surface area contributed by atoms with Crippen LogP contribution in [0.1, 0.15) is 36.5 Å². The number of unbranched alkanes of at least 4 members (excludes halogenated alkanes) is 2. The summed E-state index contributed by atoms with van der Waals surface area (Å²) in [5.74, 6) is 0.583. The third kappa shape index (κ3) is 3.26. The molecule has 0 saturated heterocycles. The molecule has 0 amide bonds. The number of aliphatic hydroxyl groups excluding tert-OH is 1. The molecular weight excluding hydrogens is 242 g/mol. The normalized spacial score (nSPS) is 13.9. The quantitative estimate of drug-likeness (QED) is 0.632. The Bertz CT molecular complexity index is 445. The minimum atomic E-state index is -0.449. The molecule has 0 unspecified atom stereocenters. The summed E-state index contributed by atoms with van der Waals surface area (Å²) < 4.78 is 5.61. The number of carbonyl (C=O) groups is 1. The fraction of sp³-hybridized carbons (Fsp3) is 0.533. The number of aliphatic hydroxyl groups is 1. The van der Waals surface area contributed by atoms with Gasteiger partial charge in [0.2, 0.25) is 0 Å². The lowest BCUT2D eigenvalue weighted by Gasteiger charge is -2.31. The van der Waals surface area contributed by atoms with Crippen molar-refractivity contribution in [3.05, 3.63) is 23.8 Å². The van der Waals surface area contributed by atoms with Crippen molar-refractivity contribution in [1.82, 2.24) is 0 Å².